The fourth-order valence-corrected chi connectivity index (χ4v) is 4.94. The molecule has 2 atom stereocenters. The van der Waals surface area contributed by atoms with Crippen molar-refractivity contribution in [2.75, 3.05) is 25.0 Å². The van der Waals surface area contributed by atoms with Crippen molar-refractivity contribution in [3.05, 3.63) is 75.5 Å². The van der Waals surface area contributed by atoms with Crippen LogP contribution >= 0.6 is 23.2 Å². The van der Waals surface area contributed by atoms with E-state index in [2.05, 4.69) is 5.32 Å². The van der Waals surface area contributed by atoms with Gasteiger partial charge < -0.3 is 19.7 Å². The first-order valence-corrected chi connectivity index (χ1v) is 13.4. The fourth-order valence-electron chi connectivity index (χ4n) is 4.44. The molecule has 9 heteroatoms. The fraction of sp³-hybridized carbons (Fsp3) is 0.393. The summed E-state index contributed by atoms with van der Waals surface area (Å²) < 4.78 is 11.5. The first-order chi connectivity index (χ1) is 17.9. The average molecular weight is 543 g/mol. The Bertz CT molecular complexity index is 1230. The van der Waals surface area contributed by atoms with Crippen LogP contribution in [-0.2, 0) is 28.9 Å². The number of carbonyl (C=O) groups is 1. The number of carbonyl (C=O) groups excluding carboxylic acids is 1. The SMILES string of the molecule is CCO[C@H]1CN(C(=O)OCc2ccccc2)C[C@H]1Nc1nc(CC)c(-c2ccc(Cl)cc2Cl)nc1CC. The van der Waals surface area contributed by atoms with Crippen LogP contribution in [0.1, 0.15) is 37.7 Å². The molecule has 0 bridgehead atoms. The van der Waals surface area contributed by atoms with E-state index in [-0.39, 0.29) is 24.8 Å². The number of ether oxygens (including phenoxy) is 2. The van der Waals surface area contributed by atoms with E-state index in [1.807, 2.05) is 57.2 Å². The Morgan fingerprint density at radius 2 is 1.78 bits per heavy atom. The third kappa shape index (κ3) is 6.53. The molecule has 4 rings (SSSR count). The Labute approximate surface area is 228 Å². The number of aryl methyl sites for hydroxylation is 2. The van der Waals surface area contributed by atoms with Crippen molar-refractivity contribution >= 4 is 35.1 Å². The summed E-state index contributed by atoms with van der Waals surface area (Å²) in [6.07, 6.45) is 0.794. The minimum atomic E-state index is -0.360. The molecule has 2 aromatic carbocycles. The molecule has 1 N–H and O–H groups in total. The van der Waals surface area contributed by atoms with Crippen LogP contribution in [0.4, 0.5) is 10.6 Å². The number of rotatable bonds is 9. The number of anilines is 1. The monoisotopic (exact) mass is 542 g/mol. The van der Waals surface area contributed by atoms with Crippen LogP contribution in [0, 0.1) is 0 Å². The number of benzene rings is 2. The lowest BCUT2D eigenvalue weighted by atomic mass is 10.1. The van der Waals surface area contributed by atoms with E-state index in [0.717, 1.165) is 28.2 Å². The third-order valence-electron chi connectivity index (χ3n) is 6.33. The molecule has 37 heavy (non-hydrogen) atoms. The maximum absolute atomic E-state index is 12.8. The summed E-state index contributed by atoms with van der Waals surface area (Å²) in [6.45, 7) is 7.67. The molecule has 1 amide bonds. The standard InChI is InChI=1S/C28H32Cl2N4O3/c1-4-22-26(20-13-12-19(29)14-21(20)30)31-23(5-2)27(32-22)33-24-15-34(16-25(24)36-6-3)28(35)37-17-18-10-8-7-9-11-18/h7-14,24-25H,4-6,15-17H2,1-3H3,(H,32,33)/t24-,25+/m1/s1. The highest BCUT2D eigenvalue weighted by Crippen LogP contribution is 2.33. The summed E-state index contributed by atoms with van der Waals surface area (Å²) in [5.41, 5.74) is 4.15. The van der Waals surface area contributed by atoms with Gasteiger partial charge in [0.15, 0.2) is 0 Å². The van der Waals surface area contributed by atoms with Gasteiger partial charge in [0.25, 0.3) is 0 Å². The van der Waals surface area contributed by atoms with Crippen LogP contribution in [0.5, 0.6) is 0 Å². The first kappa shape index (κ1) is 27.2. The van der Waals surface area contributed by atoms with Crippen LogP contribution in [0.25, 0.3) is 11.3 Å². The Hall–Kier alpha value is -2.87. The lowest BCUT2D eigenvalue weighted by molar-refractivity contribution is 0.0580. The molecule has 1 saturated heterocycles. The molecule has 0 aliphatic carbocycles. The van der Waals surface area contributed by atoms with Gasteiger partial charge in [-0.3, -0.25) is 0 Å². The van der Waals surface area contributed by atoms with Gasteiger partial charge in [0.1, 0.15) is 12.4 Å². The van der Waals surface area contributed by atoms with E-state index in [0.29, 0.717) is 48.4 Å². The second kappa shape index (κ2) is 12.6. The molecule has 1 aliphatic rings. The van der Waals surface area contributed by atoms with Gasteiger partial charge in [-0.2, -0.15) is 0 Å². The van der Waals surface area contributed by atoms with Gasteiger partial charge in [0.05, 0.1) is 40.8 Å². The molecule has 1 aromatic heterocycles. The van der Waals surface area contributed by atoms with E-state index in [1.54, 1.807) is 17.0 Å². The van der Waals surface area contributed by atoms with Crippen LogP contribution < -0.4 is 5.32 Å². The molecule has 3 aromatic rings. The molecule has 196 valence electrons. The Morgan fingerprint density at radius 3 is 2.46 bits per heavy atom. The molecule has 2 heterocycles. The Morgan fingerprint density at radius 1 is 1.03 bits per heavy atom. The number of nitrogens with one attached hydrogen (secondary N) is 1. The number of hydrogen-bond donors (Lipinski definition) is 1. The lowest BCUT2D eigenvalue weighted by Gasteiger charge is -2.22. The quantitative estimate of drug-likeness (QED) is 0.336. The van der Waals surface area contributed by atoms with E-state index in [9.17, 15) is 4.79 Å². The van der Waals surface area contributed by atoms with Gasteiger partial charge in [-0.15, -0.1) is 0 Å². The van der Waals surface area contributed by atoms with Gasteiger partial charge in [-0.1, -0.05) is 67.4 Å². The summed E-state index contributed by atoms with van der Waals surface area (Å²) in [6, 6.07) is 14.9. The molecule has 0 unspecified atom stereocenters. The van der Waals surface area contributed by atoms with Crippen molar-refractivity contribution in [2.45, 2.75) is 52.4 Å². The number of likely N-dealkylation sites (tertiary alicyclic amines) is 1. The summed E-state index contributed by atoms with van der Waals surface area (Å²) in [7, 11) is 0. The lowest BCUT2D eigenvalue weighted by Crippen LogP contribution is -2.35. The highest BCUT2D eigenvalue weighted by atomic mass is 35.5. The van der Waals surface area contributed by atoms with Crippen LogP contribution in [0.2, 0.25) is 10.0 Å². The van der Waals surface area contributed by atoms with E-state index >= 15 is 0 Å². The molecule has 7 nitrogen and oxygen atoms in total. The number of nitrogens with zero attached hydrogens (tertiary/aromatic N) is 3. The normalized spacial score (nSPS) is 17.2. The molecule has 1 aliphatic heterocycles. The van der Waals surface area contributed by atoms with E-state index < -0.39 is 0 Å². The van der Waals surface area contributed by atoms with Crippen molar-refractivity contribution in [1.29, 1.82) is 0 Å². The highest BCUT2D eigenvalue weighted by molar-refractivity contribution is 6.36. The largest absolute Gasteiger partial charge is 0.445 e. The molecule has 0 saturated carbocycles. The summed E-state index contributed by atoms with van der Waals surface area (Å²) in [4.78, 5) is 24.4. The number of amides is 1. The number of aromatic nitrogens is 2. The predicted molar refractivity (Wildman–Crippen MR) is 147 cm³/mol. The smallest absolute Gasteiger partial charge is 0.410 e. The topological polar surface area (TPSA) is 76.6 Å². The Kier molecular flexibility index (Phi) is 9.24. The zero-order valence-corrected chi connectivity index (χ0v) is 22.9. The summed E-state index contributed by atoms with van der Waals surface area (Å²) in [5, 5.41) is 4.64. The molecule has 0 spiro atoms. The van der Waals surface area contributed by atoms with Gasteiger partial charge in [-0.25, -0.2) is 14.8 Å². The van der Waals surface area contributed by atoms with Crippen molar-refractivity contribution in [2.24, 2.45) is 0 Å². The van der Waals surface area contributed by atoms with E-state index in [1.165, 1.54) is 0 Å². The van der Waals surface area contributed by atoms with Crippen LogP contribution in [-0.4, -0.2) is 52.8 Å². The Balaban J connectivity index is 1.54. The maximum atomic E-state index is 12.8. The maximum Gasteiger partial charge on any atom is 0.410 e. The van der Waals surface area contributed by atoms with Crippen molar-refractivity contribution in [3.8, 4) is 11.3 Å². The van der Waals surface area contributed by atoms with Crippen LogP contribution in [0.3, 0.4) is 0 Å². The van der Waals surface area contributed by atoms with Gasteiger partial charge in [0.2, 0.25) is 0 Å². The highest BCUT2D eigenvalue weighted by Gasteiger charge is 2.37. The van der Waals surface area contributed by atoms with Crippen molar-refractivity contribution in [1.82, 2.24) is 14.9 Å². The van der Waals surface area contributed by atoms with Gasteiger partial charge >= 0.3 is 6.09 Å². The second-order valence-electron chi connectivity index (χ2n) is 8.84. The third-order valence-corrected chi connectivity index (χ3v) is 6.88. The van der Waals surface area contributed by atoms with Gasteiger partial charge in [0, 0.05) is 23.7 Å². The minimum absolute atomic E-state index is 0.154. The molecular formula is C28H32Cl2N4O3. The summed E-state index contributed by atoms with van der Waals surface area (Å²) >= 11 is 12.6. The predicted octanol–water partition coefficient (Wildman–Crippen LogP) is 6.41. The van der Waals surface area contributed by atoms with Crippen molar-refractivity contribution in [3.63, 3.8) is 0 Å². The van der Waals surface area contributed by atoms with E-state index in [4.69, 9.17) is 42.6 Å². The average Bonchev–Trinajstić information content (AvgIpc) is 3.30. The molecule has 1 fully saturated rings. The number of halogens is 2. The zero-order valence-electron chi connectivity index (χ0n) is 21.3. The zero-order chi connectivity index (χ0) is 26.4. The molecular weight excluding hydrogens is 511 g/mol. The first-order valence-electron chi connectivity index (χ1n) is 12.6. The second-order valence-corrected chi connectivity index (χ2v) is 9.68. The number of hydrogen-bond acceptors (Lipinski definition) is 6. The molecule has 0 radical (unpaired) electrons. The minimum Gasteiger partial charge on any atom is -0.445 e. The summed E-state index contributed by atoms with van der Waals surface area (Å²) in [5.74, 6) is 0.697. The van der Waals surface area contributed by atoms with Crippen LogP contribution in [0.15, 0.2) is 48.5 Å². The van der Waals surface area contributed by atoms with Gasteiger partial charge in [-0.05, 0) is 43.5 Å². The van der Waals surface area contributed by atoms with Crippen molar-refractivity contribution < 1.29 is 14.3 Å².